The van der Waals surface area contributed by atoms with Crippen molar-refractivity contribution >= 4 is 33.1 Å². The summed E-state index contributed by atoms with van der Waals surface area (Å²) in [6.07, 6.45) is 0. The van der Waals surface area contributed by atoms with E-state index >= 15 is 0 Å². The van der Waals surface area contributed by atoms with Crippen molar-refractivity contribution in [2.45, 2.75) is 0 Å². The lowest BCUT2D eigenvalue weighted by Gasteiger charge is -2.02. The Balaban J connectivity index is 2.37. The molecule has 0 aliphatic heterocycles. The lowest BCUT2D eigenvalue weighted by atomic mass is 10.1. The Morgan fingerprint density at radius 1 is 0.400 bits per heavy atom. The molecule has 0 atom stereocenters. The van der Waals surface area contributed by atoms with Gasteiger partial charge in [-0.3, -0.25) is 0 Å². The van der Waals surface area contributed by atoms with E-state index in [0.717, 1.165) is 33.1 Å². The first-order valence-electron chi connectivity index (χ1n) is 6.55. The first kappa shape index (κ1) is 11.1. The molecule has 0 N–H and O–H groups in total. The highest BCUT2D eigenvalue weighted by Gasteiger charge is 2.02. The number of benzene rings is 3. The summed E-state index contributed by atoms with van der Waals surface area (Å²) in [7, 11) is 0. The van der Waals surface area contributed by atoms with E-state index in [1.54, 1.807) is 0 Å². The van der Waals surface area contributed by atoms with Gasteiger partial charge in [0, 0.05) is 10.8 Å². The highest BCUT2D eigenvalue weighted by Crippen LogP contribution is 2.26. The fraction of sp³-hybridized carbons (Fsp3) is 0. The molecule has 0 aliphatic carbocycles. The maximum Gasteiger partial charge on any atom is 0.169 e. The van der Waals surface area contributed by atoms with E-state index in [1.807, 2.05) is 72.8 Å². The van der Waals surface area contributed by atoms with Crippen molar-refractivity contribution in [2.75, 3.05) is 0 Å². The third-order valence-corrected chi connectivity index (χ3v) is 3.35. The highest BCUT2D eigenvalue weighted by molar-refractivity contribution is 6.02. The van der Waals surface area contributed by atoms with Gasteiger partial charge in [0.15, 0.2) is 11.2 Å². The van der Waals surface area contributed by atoms with Crippen LogP contribution in [-0.2, 0) is 0 Å². The fourth-order valence-electron chi connectivity index (χ4n) is 2.41. The molecule has 0 unspecified atom stereocenters. The topological polar surface area (TPSA) is 26.3 Å². The Bertz CT molecular complexity index is 879. The third-order valence-electron chi connectivity index (χ3n) is 3.35. The quantitative estimate of drug-likeness (QED) is 0.420. The maximum absolute atomic E-state index is 6.01. The van der Waals surface area contributed by atoms with Crippen molar-refractivity contribution in [3.8, 4) is 0 Å². The minimum Gasteiger partial charge on any atom is -0.453 e. The number of hydrogen-bond acceptors (Lipinski definition) is 2. The molecule has 2 nitrogen and oxygen atoms in total. The van der Waals surface area contributed by atoms with Gasteiger partial charge in [0.25, 0.3) is 0 Å². The molecular formula is C18H12O2. The monoisotopic (exact) mass is 260 g/mol. The minimum atomic E-state index is 0.731. The Labute approximate surface area is 115 Å². The van der Waals surface area contributed by atoms with Gasteiger partial charge >= 0.3 is 0 Å². The molecule has 0 radical (unpaired) electrons. The zero-order valence-electron chi connectivity index (χ0n) is 10.7. The minimum absolute atomic E-state index is 0.731. The molecule has 20 heavy (non-hydrogen) atoms. The summed E-state index contributed by atoms with van der Waals surface area (Å²) in [6.45, 7) is 0. The van der Waals surface area contributed by atoms with Crippen molar-refractivity contribution in [1.29, 1.82) is 0 Å². The van der Waals surface area contributed by atoms with E-state index in [-0.39, 0.29) is 0 Å². The standard InChI is InChI=1S/C18H12O2/c1-3-9-15-13(7-1)14-8-2-4-10-16(14)20-18-12-6-5-11-17(18)19-15/h1-12H. The van der Waals surface area contributed by atoms with Gasteiger partial charge < -0.3 is 8.83 Å². The molecule has 3 aromatic carbocycles. The SMILES string of the molecule is c1ccc2oc3ccccc3c3ccccc3oc2c1. The zero-order valence-corrected chi connectivity index (χ0v) is 10.7. The van der Waals surface area contributed by atoms with Gasteiger partial charge in [-0.05, 0) is 24.3 Å². The lowest BCUT2D eigenvalue weighted by molar-refractivity contribution is 0.618. The van der Waals surface area contributed by atoms with Crippen LogP contribution in [0, 0.1) is 0 Å². The molecule has 0 amide bonds. The average molecular weight is 260 g/mol. The Kier molecular flexibility index (Phi) is 2.46. The number of hydrogen-bond donors (Lipinski definition) is 0. The largest absolute Gasteiger partial charge is 0.453 e. The van der Waals surface area contributed by atoms with Crippen molar-refractivity contribution < 1.29 is 8.83 Å². The molecule has 0 saturated carbocycles. The smallest absolute Gasteiger partial charge is 0.169 e. The van der Waals surface area contributed by atoms with Gasteiger partial charge in [0.1, 0.15) is 11.2 Å². The summed E-state index contributed by atoms with van der Waals surface area (Å²) in [6, 6.07) is 23.7. The Morgan fingerprint density at radius 2 is 0.750 bits per heavy atom. The van der Waals surface area contributed by atoms with Crippen LogP contribution in [0.2, 0.25) is 0 Å². The summed E-state index contributed by atoms with van der Waals surface area (Å²) in [5.41, 5.74) is 3.15. The van der Waals surface area contributed by atoms with Crippen molar-refractivity contribution in [3.05, 3.63) is 72.8 Å². The summed E-state index contributed by atoms with van der Waals surface area (Å²) in [4.78, 5) is 0. The van der Waals surface area contributed by atoms with Crippen molar-refractivity contribution in [3.63, 3.8) is 0 Å². The number of fused-ring (bicyclic) bond motifs is 4. The molecule has 1 aromatic heterocycles. The molecule has 0 bridgehead atoms. The van der Waals surface area contributed by atoms with E-state index in [1.165, 1.54) is 0 Å². The average Bonchev–Trinajstić information content (AvgIpc) is 2.48. The lowest BCUT2D eigenvalue weighted by Crippen LogP contribution is -1.76. The molecule has 0 aliphatic rings. The van der Waals surface area contributed by atoms with Gasteiger partial charge in [-0.25, -0.2) is 0 Å². The van der Waals surface area contributed by atoms with Gasteiger partial charge in [0.2, 0.25) is 0 Å². The first-order valence-corrected chi connectivity index (χ1v) is 6.55. The third kappa shape index (κ3) is 1.74. The second-order valence-electron chi connectivity index (χ2n) is 4.64. The summed E-state index contributed by atoms with van der Waals surface area (Å²) < 4.78 is 12.0. The summed E-state index contributed by atoms with van der Waals surface area (Å²) in [5.74, 6) is 0. The molecule has 4 aromatic rings. The normalized spacial score (nSPS) is 11.0. The van der Waals surface area contributed by atoms with Crippen LogP contribution in [-0.4, -0.2) is 0 Å². The number of rotatable bonds is 0. The van der Waals surface area contributed by atoms with Crippen molar-refractivity contribution in [1.82, 2.24) is 0 Å². The fourth-order valence-corrected chi connectivity index (χ4v) is 2.41. The molecule has 0 spiro atoms. The molecule has 0 fully saturated rings. The van der Waals surface area contributed by atoms with E-state index in [4.69, 9.17) is 8.83 Å². The molecule has 1 heterocycles. The summed E-state index contributed by atoms with van der Waals surface area (Å²) >= 11 is 0. The van der Waals surface area contributed by atoms with Crippen LogP contribution in [0.1, 0.15) is 0 Å². The van der Waals surface area contributed by atoms with Gasteiger partial charge in [-0.1, -0.05) is 48.5 Å². The van der Waals surface area contributed by atoms with E-state index < -0.39 is 0 Å². The Morgan fingerprint density at radius 3 is 1.20 bits per heavy atom. The van der Waals surface area contributed by atoms with E-state index in [2.05, 4.69) is 0 Å². The zero-order chi connectivity index (χ0) is 13.4. The summed E-state index contributed by atoms with van der Waals surface area (Å²) in [5, 5.41) is 2.08. The van der Waals surface area contributed by atoms with Crippen LogP contribution < -0.4 is 0 Å². The van der Waals surface area contributed by atoms with Crippen LogP contribution in [0.5, 0.6) is 0 Å². The molecule has 2 heteroatoms. The van der Waals surface area contributed by atoms with E-state index in [9.17, 15) is 0 Å². The maximum atomic E-state index is 6.01. The number of para-hydroxylation sites is 4. The van der Waals surface area contributed by atoms with Crippen LogP contribution in [0.25, 0.3) is 33.1 Å². The van der Waals surface area contributed by atoms with Gasteiger partial charge in [0.05, 0.1) is 0 Å². The second kappa shape index (κ2) is 4.42. The Hall–Kier alpha value is -2.74. The predicted molar refractivity (Wildman–Crippen MR) is 81.1 cm³/mol. The van der Waals surface area contributed by atoms with Crippen LogP contribution in [0.3, 0.4) is 0 Å². The molecular weight excluding hydrogens is 248 g/mol. The van der Waals surface area contributed by atoms with Crippen LogP contribution in [0.4, 0.5) is 0 Å². The van der Waals surface area contributed by atoms with E-state index in [0.29, 0.717) is 0 Å². The van der Waals surface area contributed by atoms with Crippen molar-refractivity contribution in [2.24, 2.45) is 0 Å². The van der Waals surface area contributed by atoms with Gasteiger partial charge in [-0.2, -0.15) is 0 Å². The molecule has 4 rings (SSSR count). The first-order chi connectivity index (χ1) is 9.92. The van der Waals surface area contributed by atoms with Gasteiger partial charge in [-0.15, -0.1) is 0 Å². The van der Waals surface area contributed by atoms with Crippen LogP contribution >= 0.6 is 0 Å². The second-order valence-corrected chi connectivity index (χ2v) is 4.64. The highest BCUT2D eigenvalue weighted by atomic mass is 16.4. The molecule has 96 valence electrons. The van der Waals surface area contributed by atoms with Crippen LogP contribution in [0.15, 0.2) is 81.6 Å². The predicted octanol–water partition coefficient (Wildman–Crippen LogP) is 5.46. The molecule has 0 saturated heterocycles.